The highest BCUT2D eigenvalue weighted by molar-refractivity contribution is 6.30. The fourth-order valence-electron chi connectivity index (χ4n) is 6.08. The molecule has 1 aromatic heterocycles. The normalized spacial score (nSPS) is 18.1. The van der Waals surface area contributed by atoms with Crippen LogP contribution in [-0.4, -0.2) is 111 Å². The lowest BCUT2D eigenvalue weighted by Crippen LogP contribution is -2.64. The van der Waals surface area contributed by atoms with Gasteiger partial charge in [0.05, 0.1) is 12.1 Å². The average molecular weight is 776 g/mol. The van der Waals surface area contributed by atoms with E-state index in [1.54, 1.807) is 24.3 Å². The Morgan fingerprint density at radius 1 is 1.06 bits per heavy atom. The third-order valence-corrected chi connectivity index (χ3v) is 8.92. The van der Waals surface area contributed by atoms with E-state index in [1.165, 1.54) is 24.3 Å². The Balaban J connectivity index is 1.31. The summed E-state index contributed by atoms with van der Waals surface area (Å²) in [6.07, 6.45) is -5.68. The first-order valence-corrected chi connectivity index (χ1v) is 17.2. The van der Waals surface area contributed by atoms with E-state index in [0.29, 0.717) is 17.6 Å². The molecule has 0 bridgehead atoms. The van der Waals surface area contributed by atoms with Gasteiger partial charge in [0.15, 0.2) is 18.1 Å². The fraction of sp³-hybridized carbons (Fsp3) is 0.400. The number of ether oxygens (including phenoxy) is 1. The average Bonchev–Trinajstić information content (AvgIpc) is 3.52. The molecule has 15 nitrogen and oxygen atoms in total. The number of hydrogen-bond donors (Lipinski definition) is 3. The van der Waals surface area contributed by atoms with Crippen LogP contribution in [0.2, 0.25) is 5.02 Å². The molecule has 3 N–H and O–H groups in total. The van der Waals surface area contributed by atoms with Gasteiger partial charge in [-0.3, -0.25) is 33.8 Å². The van der Waals surface area contributed by atoms with Crippen LogP contribution in [0.15, 0.2) is 54.6 Å². The number of aliphatic carboxylic acids is 1. The molecule has 2 aromatic carbocycles. The quantitative estimate of drug-likeness (QED) is 0.234. The summed E-state index contributed by atoms with van der Waals surface area (Å²) < 4.78 is 46.8. The summed E-state index contributed by atoms with van der Waals surface area (Å²) in [6.45, 7) is -0.240. The Hall–Kier alpha value is -5.49. The van der Waals surface area contributed by atoms with E-state index >= 15 is 0 Å². The first-order chi connectivity index (χ1) is 25.5. The number of aromatic nitrogens is 2. The van der Waals surface area contributed by atoms with E-state index in [9.17, 15) is 47.0 Å². The zero-order valence-corrected chi connectivity index (χ0v) is 29.9. The minimum absolute atomic E-state index is 0.0281. The molecule has 19 heteroatoms. The number of fused-ring (bicyclic) bond motifs is 1. The molecular weight excluding hydrogens is 739 g/mol. The van der Waals surface area contributed by atoms with Crippen LogP contribution in [0.5, 0.6) is 5.88 Å². The molecule has 288 valence electrons. The van der Waals surface area contributed by atoms with Gasteiger partial charge < -0.3 is 25.4 Å². The maximum atomic E-state index is 13.9. The Bertz CT molecular complexity index is 1900. The summed E-state index contributed by atoms with van der Waals surface area (Å²) in [6, 6.07) is 8.51. The van der Waals surface area contributed by atoms with Crippen molar-refractivity contribution in [2.75, 3.05) is 27.2 Å². The molecule has 54 heavy (non-hydrogen) atoms. The summed E-state index contributed by atoms with van der Waals surface area (Å²) >= 11 is 5.89. The van der Waals surface area contributed by atoms with Gasteiger partial charge in [-0.05, 0) is 75.3 Å². The molecule has 3 atom stereocenters. The van der Waals surface area contributed by atoms with Gasteiger partial charge in [0.2, 0.25) is 17.7 Å². The van der Waals surface area contributed by atoms with Gasteiger partial charge in [0.25, 0.3) is 11.8 Å². The van der Waals surface area contributed by atoms with Crippen molar-refractivity contribution in [3.63, 3.8) is 0 Å². The van der Waals surface area contributed by atoms with Gasteiger partial charge in [0.1, 0.15) is 18.1 Å². The minimum Gasteiger partial charge on any atom is -0.481 e. The predicted molar refractivity (Wildman–Crippen MR) is 184 cm³/mol. The van der Waals surface area contributed by atoms with E-state index in [1.807, 2.05) is 19.0 Å². The number of alkyl halides is 3. The first-order valence-electron chi connectivity index (χ1n) is 16.8. The van der Waals surface area contributed by atoms with Crippen LogP contribution in [0.1, 0.15) is 53.7 Å². The number of Topliss-reactive ketones (excluding diaryl/α,β-unsaturated/α-hetero) is 1. The van der Waals surface area contributed by atoms with Crippen LogP contribution in [-0.2, 0) is 36.7 Å². The molecule has 3 aromatic rings. The highest BCUT2D eigenvalue weighted by Gasteiger charge is 2.45. The molecule has 0 saturated carbocycles. The van der Waals surface area contributed by atoms with Crippen LogP contribution in [0.3, 0.4) is 0 Å². The molecule has 2 unspecified atom stereocenters. The highest BCUT2D eigenvalue weighted by atomic mass is 35.5. The van der Waals surface area contributed by atoms with Crippen LogP contribution in [0, 0.1) is 0 Å². The van der Waals surface area contributed by atoms with Crippen molar-refractivity contribution in [2.24, 2.45) is 0 Å². The van der Waals surface area contributed by atoms with Gasteiger partial charge in [-0.15, -0.1) is 0 Å². The number of carboxylic acid groups (broad SMARTS) is 1. The van der Waals surface area contributed by atoms with E-state index in [2.05, 4.69) is 15.7 Å². The number of halogens is 4. The maximum Gasteiger partial charge on any atom is 0.435 e. The van der Waals surface area contributed by atoms with Crippen molar-refractivity contribution in [3.05, 3.63) is 76.4 Å². The summed E-state index contributed by atoms with van der Waals surface area (Å²) in [7, 11) is 3.80. The largest absolute Gasteiger partial charge is 0.481 e. The molecule has 2 aliphatic rings. The zero-order valence-electron chi connectivity index (χ0n) is 29.1. The van der Waals surface area contributed by atoms with Crippen LogP contribution < -0.4 is 15.4 Å². The van der Waals surface area contributed by atoms with Crippen LogP contribution >= 0.6 is 11.6 Å². The van der Waals surface area contributed by atoms with Crippen molar-refractivity contribution >= 4 is 47.0 Å². The molecule has 2 fully saturated rings. The third kappa shape index (κ3) is 9.54. The lowest BCUT2D eigenvalue weighted by atomic mass is 10.0. The van der Waals surface area contributed by atoms with E-state index in [4.69, 9.17) is 16.3 Å². The first kappa shape index (κ1) is 39.7. The SMILES string of the molecule is CN(C)Cc1ccc(C(=O)NC2CCC(=O)N3CCCC(C(=O)N[C@@H](CC(=O)O)C(=O)COc4cc(C(F)(F)F)nn4-c4ccc(Cl)cc4)N3C2=O)cc1. The lowest BCUT2D eigenvalue weighted by molar-refractivity contribution is -0.176. The number of benzene rings is 2. The number of rotatable bonds is 13. The second-order valence-electron chi connectivity index (χ2n) is 13.0. The number of hydrazine groups is 1. The second kappa shape index (κ2) is 16.7. The lowest BCUT2D eigenvalue weighted by Gasteiger charge is -2.43. The van der Waals surface area contributed by atoms with Crippen molar-refractivity contribution in [2.45, 2.75) is 63.0 Å². The van der Waals surface area contributed by atoms with E-state index in [0.717, 1.165) is 20.3 Å². The molecule has 0 radical (unpaired) electrons. The van der Waals surface area contributed by atoms with Gasteiger partial charge >= 0.3 is 12.1 Å². The molecular formula is C35H37ClF3N7O8. The van der Waals surface area contributed by atoms with E-state index < -0.39 is 84.3 Å². The Morgan fingerprint density at radius 3 is 2.37 bits per heavy atom. The van der Waals surface area contributed by atoms with Crippen LogP contribution in [0.25, 0.3) is 5.69 Å². The fourth-order valence-corrected chi connectivity index (χ4v) is 6.21. The third-order valence-electron chi connectivity index (χ3n) is 8.67. The molecule has 0 aliphatic carbocycles. The minimum atomic E-state index is -4.88. The molecule has 0 spiro atoms. The Labute approximate surface area is 311 Å². The monoisotopic (exact) mass is 775 g/mol. The molecule has 4 amide bonds. The van der Waals surface area contributed by atoms with Gasteiger partial charge in [-0.25, -0.2) is 9.69 Å². The number of amides is 4. The highest BCUT2D eigenvalue weighted by Crippen LogP contribution is 2.32. The summed E-state index contributed by atoms with van der Waals surface area (Å²) in [4.78, 5) is 81.1. The molecule has 5 rings (SSSR count). The standard InChI is InChI=1S/C35H37ClF3N7O8/c1-43(2)18-20-5-7-21(8-6-20)32(51)40-24-13-14-29(48)44-15-3-4-26(46(44)34(24)53)33(52)41-25(16-31(49)50)27(47)19-54-30-17-28(35(37,38)39)42-45(30)23-11-9-22(36)10-12-23/h5-12,17,24-26H,3-4,13-16,18-19H2,1-2H3,(H,40,51)(H,41,52)(H,49,50)/t24?,25-,26?/m0/s1. The number of hydrogen-bond acceptors (Lipinski definition) is 9. The number of nitrogens with one attached hydrogen (secondary N) is 2. The summed E-state index contributed by atoms with van der Waals surface area (Å²) in [5.74, 6) is -5.79. The van der Waals surface area contributed by atoms with Crippen LogP contribution in [0.4, 0.5) is 13.2 Å². The molecule has 2 aliphatic heterocycles. The zero-order chi connectivity index (χ0) is 39.3. The number of carbonyl (C=O) groups is 6. The van der Waals surface area contributed by atoms with Crippen molar-refractivity contribution < 1.29 is 51.8 Å². The number of carboxylic acids is 1. The topological polar surface area (TPSA) is 183 Å². The van der Waals surface area contributed by atoms with Gasteiger partial charge in [-0.1, -0.05) is 23.7 Å². The predicted octanol–water partition coefficient (Wildman–Crippen LogP) is 2.84. The molecule has 3 heterocycles. The number of carbonyl (C=O) groups excluding carboxylic acids is 5. The smallest absolute Gasteiger partial charge is 0.435 e. The summed E-state index contributed by atoms with van der Waals surface area (Å²) in [5.41, 5.74) is 0.00512. The number of nitrogens with zero attached hydrogens (tertiary/aromatic N) is 5. The number of ketones is 1. The maximum absolute atomic E-state index is 13.9. The second-order valence-corrected chi connectivity index (χ2v) is 13.5. The Morgan fingerprint density at radius 2 is 1.74 bits per heavy atom. The van der Waals surface area contributed by atoms with Crippen molar-refractivity contribution in [1.82, 2.24) is 35.3 Å². The summed E-state index contributed by atoms with van der Waals surface area (Å²) in [5, 5.41) is 20.4. The Kier molecular flexibility index (Phi) is 12.3. The van der Waals surface area contributed by atoms with Gasteiger partial charge in [0, 0.05) is 36.2 Å². The van der Waals surface area contributed by atoms with Crippen molar-refractivity contribution in [1.29, 1.82) is 0 Å². The van der Waals surface area contributed by atoms with Crippen molar-refractivity contribution in [3.8, 4) is 11.6 Å². The van der Waals surface area contributed by atoms with Gasteiger partial charge in [-0.2, -0.15) is 18.3 Å². The molecule has 2 saturated heterocycles. The van der Waals surface area contributed by atoms with E-state index in [-0.39, 0.29) is 43.5 Å².